The number of anilines is 2. The summed E-state index contributed by atoms with van der Waals surface area (Å²) in [7, 11) is -3.82. The molecule has 2 aromatic carbocycles. The molecule has 0 aliphatic carbocycles. The lowest BCUT2D eigenvalue weighted by atomic mass is 10.2. The Hall–Kier alpha value is -3.04. The Morgan fingerprint density at radius 1 is 1.04 bits per heavy atom. The summed E-state index contributed by atoms with van der Waals surface area (Å²) in [6.07, 6.45) is 3.19. The minimum absolute atomic E-state index is 0.0659. The molecule has 0 amide bonds. The van der Waals surface area contributed by atoms with E-state index < -0.39 is 10.0 Å². The fourth-order valence-corrected chi connectivity index (χ4v) is 3.39. The fourth-order valence-electron chi connectivity index (χ4n) is 2.16. The van der Waals surface area contributed by atoms with Gasteiger partial charge in [-0.2, -0.15) is 4.36 Å². The van der Waals surface area contributed by atoms with Gasteiger partial charge in [0, 0.05) is 18.6 Å². The third kappa shape index (κ3) is 3.95. The van der Waals surface area contributed by atoms with Gasteiger partial charge in [0.25, 0.3) is 10.0 Å². The average molecular weight is 386 g/mol. The minimum Gasteiger partial charge on any atom is -0.456 e. The first-order valence-corrected chi connectivity index (χ1v) is 9.27. The number of ether oxygens (including phenoxy) is 1. The topological polar surface area (TPSA) is 107 Å². The van der Waals surface area contributed by atoms with Gasteiger partial charge in [-0.05, 0) is 48.5 Å². The van der Waals surface area contributed by atoms with Crippen molar-refractivity contribution in [3.8, 4) is 11.5 Å². The summed E-state index contributed by atoms with van der Waals surface area (Å²) in [6, 6.07) is 14.2. The number of nitrogens with zero attached hydrogens (tertiary/aromatic N) is 2. The Morgan fingerprint density at radius 2 is 1.81 bits per heavy atom. The van der Waals surface area contributed by atoms with Gasteiger partial charge in [0.15, 0.2) is 0 Å². The number of nitrogens with one attached hydrogen (secondary N) is 1. The van der Waals surface area contributed by atoms with Crippen molar-refractivity contribution in [2.24, 2.45) is 4.36 Å². The van der Waals surface area contributed by atoms with E-state index in [4.69, 9.17) is 10.5 Å². The summed E-state index contributed by atoms with van der Waals surface area (Å²) < 4.78 is 36.7. The summed E-state index contributed by atoms with van der Waals surface area (Å²) in [6.45, 7) is 0. The van der Waals surface area contributed by atoms with E-state index in [9.17, 15) is 8.42 Å². The molecule has 0 aliphatic rings. The maximum Gasteiger partial charge on any atom is 0.261 e. The van der Waals surface area contributed by atoms with E-state index in [1.807, 2.05) is 0 Å². The van der Waals surface area contributed by atoms with Crippen molar-refractivity contribution < 1.29 is 13.2 Å². The molecule has 0 spiro atoms. The largest absolute Gasteiger partial charge is 0.456 e. The van der Waals surface area contributed by atoms with Gasteiger partial charge >= 0.3 is 0 Å². The maximum atomic E-state index is 12.5. The van der Waals surface area contributed by atoms with E-state index in [0.29, 0.717) is 17.2 Å². The maximum absolute atomic E-state index is 12.5. The Labute approximate surface area is 156 Å². The zero-order valence-corrected chi connectivity index (χ0v) is 15.0. The summed E-state index contributed by atoms with van der Waals surface area (Å²) in [5, 5.41) is 0. The molecule has 0 saturated heterocycles. The van der Waals surface area contributed by atoms with Gasteiger partial charge in [0.1, 0.15) is 17.2 Å². The van der Waals surface area contributed by atoms with Crippen molar-refractivity contribution in [3.63, 3.8) is 0 Å². The first-order valence-electron chi connectivity index (χ1n) is 7.42. The summed E-state index contributed by atoms with van der Waals surface area (Å²) in [5.74, 6) is 1.04. The van der Waals surface area contributed by atoms with Crippen LogP contribution in [0.5, 0.6) is 11.5 Å². The van der Waals surface area contributed by atoms with E-state index in [0.717, 1.165) is 0 Å². The highest BCUT2D eigenvalue weighted by Crippen LogP contribution is 2.31. The molecular formula is C17H14N4O3S2. The van der Waals surface area contributed by atoms with Crippen LogP contribution in [-0.4, -0.2) is 13.4 Å². The van der Waals surface area contributed by atoms with Crippen LogP contribution in [0.4, 0.5) is 17.1 Å². The molecule has 3 N–H and O–H groups in total. The third-order valence-corrected chi connectivity index (χ3v) is 5.01. The molecule has 0 unspecified atom stereocenters. The van der Waals surface area contributed by atoms with Crippen LogP contribution in [-0.2, 0) is 22.4 Å². The molecule has 0 radical (unpaired) electrons. The molecule has 3 rings (SSSR count). The smallest absolute Gasteiger partial charge is 0.261 e. The Morgan fingerprint density at radius 3 is 2.46 bits per heavy atom. The van der Waals surface area contributed by atoms with Gasteiger partial charge in [-0.1, -0.05) is 6.07 Å². The van der Waals surface area contributed by atoms with Crippen LogP contribution in [0.3, 0.4) is 0 Å². The van der Waals surface area contributed by atoms with Crippen molar-refractivity contribution in [1.82, 2.24) is 4.98 Å². The van der Waals surface area contributed by atoms with E-state index in [1.54, 1.807) is 48.8 Å². The number of aromatic nitrogens is 1. The van der Waals surface area contributed by atoms with Crippen LogP contribution < -0.4 is 15.2 Å². The van der Waals surface area contributed by atoms with Crippen molar-refractivity contribution in [1.29, 1.82) is 0 Å². The second-order valence-electron chi connectivity index (χ2n) is 5.20. The number of rotatable bonds is 6. The highest BCUT2D eigenvalue weighted by atomic mass is 32.2. The predicted octanol–water partition coefficient (Wildman–Crippen LogP) is 3.62. The molecule has 0 bridgehead atoms. The van der Waals surface area contributed by atoms with Gasteiger partial charge in [-0.3, -0.25) is 9.71 Å². The van der Waals surface area contributed by atoms with Crippen molar-refractivity contribution >= 4 is 39.5 Å². The molecule has 26 heavy (non-hydrogen) atoms. The van der Waals surface area contributed by atoms with E-state index in [2.05, 4.69) is 26.5 Å². The fraction of sp³-hybridized carbons (Fsp3) is 0. The van der Waals surface area contributed by atoms with Gasteiger partial charge in [0.2, 0.25) is 0 Å². The SMILES string of the molecule is Nc1c(N=S)cccc1NS(=O)(=O)c1ccc(Oc2cccnc2)cc1. The summed E-state index contributed by atoms with van der Waals surface area (Å²) in [5.41, 5.74) is 6.59. The Balaban J connectivity index is 1.81. The molecule has 0 aliphatic heterocycles. The molecular weight excluding hydrogens is 372 g/mol. The summed E-state index contributed by atoms with van der Waals surface area (Å²) in [4.78, 5) is 4.01. The second kappa shape index (κ2) is 7.46. The second-order valence-corrected chi connectivity index (χ2v) is 7.06. The molecule has 3 aromatic rings. The van der Waals surface area contributed by atoms with Crippen LogP contribution in [0.1, 0.15) is 0 Å². The zero-order valence-electron chi connectivity index (χ0n) is 13.4. The molecule has 7 nitrogen and oxygen atoms in total. The van der Waals surface area contributed by atoms with Crippen LogP contribution >= 0.6 is 0 Å². The lowest BCUT2D eigenvalue weighted by Crippen LogP contribution is -2.14. The number of pyridine rings is 1. The lowest BCUT2D eigenvalue weighted by molar-refractivity contribution is 0.480. The van der Waals surface area contributed by atoms with Crippen LogP contribution in [0.2, 0.25) is 0 Å². The Bertz CT molecular complexity index is 1020. The number of nitrogens with two attached hydrogens (primary N) is 1. The first kappa shape index (κ1) is 17.8. The molecule has 1 aromatic heterocycles. The normalized spacial score (nSPS) is 10.9. The van der Waals surface area contributed by atoms with Crippen molar-refractivity contribution in [2.75, 3.05) is 10.5 Å². The van der Waals surface area contributed by atoms with Crippen molar-refractivity contribution in [2.45, 2.75) is 4.90 Å². The van der Waals surface area contributed by atoms with Gasteiger partial charge < -0.3 is 10.5 Å². The van der Waals surface area contributed by atoms with Crippen LogP contribution in [0, 0.1) is 0 Å². The molecule has 132 valence electrons. The van der Waals surface area contributed by atoms with Crippen LogP contribution in [0.15, 0.2) is 76.2 Å². The van der Waals surface area contributed by atoms with E-state index >= 15 is 0 Å². The van der Waals surface area contributed by atoms with Gasteiger partial charge in [-0.25, -0.2) is 8.42 Å². The number of para-hydroxylation sites is 1. The molecule has 0 atom stereocenters. The third-order valence-electron chi connectivity index (χ3n) is 3.43. The van der Waals surface area contributed by atoms with Gasteiger partial charge in [0.05, 0.1) is 22.5 Å². The number of sulfonamides is 1. The highest BCUT2D eigenvalue weighted by molar-refractivity contribution is 7.92. The minimum atomic E-state index is -3.82. The van der Waals surface area contributed by atoms with Gasteiger partial charge in [-0.15, -0.1) is 0 Å². The Kier molecular flexibility index (Phi) is 5.10. The average Bonchev–Trinajstić information content (AvgIpc) is 2.65. The van der Waals surface area contributed by atoms with Crippen LogP contribution in [0.25, 0.3) is 0 Å². The van der Waals surface area contributed by atoms with Crippen molar-refractivity contribution in [3.05, 3.63) is 67.0 Å². The lowest BCUT2D eigenvalue weighted by Gasteiger charge is -2.12. The zero-order chi connectivity index (χ0) is 18.6. The number of hydrogen-bond acceptors (Lipinski definition) is 7. The molecule has 0 fully saturated rings. The predicted molar refractivity (Wildman–Crippen MR) is 102 cm³/mol. The number of benzene rings is 2. The molecule has 0 saturated carbocycles. The monoisotopic (exact) mass is 386 g/mol. The molecule has 1 heterocycles. The number of hydrogen-bond donors (Lipinski definition) is 2. The quantitative estimate of drug-likeness (QED) is 0.627. The van der Waals surface area contributed by atoms with E-state index in [1.165, 1.54) is 18.2 Å². The summed E-state index contributed by atoms with van der Waals surface area (Å²) >= 11 is 4.62. The number of nitrogen functional groups attached to an aromatic ring is 1. The van der Waals surface area contributed by atoms with E-state index in [-0.39, 0.29) is 16.3 Å². The standard InChI is InChI=1S/C17H14N4O3S2/c18-17-15(20-25)4-1-5-16(17)21-26(22,23)14-8-6-12(7-9-14)24-13-3-2-10-19-11-13/h1-11,21H,18H2. The highest BCUT2D eigenvalue weighted by Gasteiger charge is 2.16. The first-order chi connectivity index (χ1) is 12.5. The molecule has 9 heteroatoms.